The minimum Gasteiger partial charge on any atom is -0.368 e. The summed E-state index contributed by atoms with van der Waals surface area (Å²) in [6, 6.07) is 16.0. The SMILES string of the molecule is Cc1ccc(S(=O)(=O)N[C@H](CC(C)C)C(=O)N2CCN(c3ccccc3)CC2)cc1. The van der Waals surface area contributed by atoms with E-state index in [4.69, 9.17) is 0 Å². The van der Waals surface area contributed by atoms with Gasteiger partial charge in [0.25, 0.3) is 0 Å². The summed E-state index contributed by atoms with van der Waals surface area (Å²) in [6.07, 6.45) is 0.461. The first-order valence-electron chi connectivity index (χ1n) is 10.4. The van der Waals surface area contributed by atoms with E-state index in [-0.39, 0.29) is 16.7 Å². The van der Waals surface area contributed by atoms with Crippen molar-refractivity contribution in [2.45, 2.75) is 38.1 Å². The molecule has 0 radical (unpaired) electrons. The molecule has 1 aliphatic rings. The second-order valence-electron chi connectivity index (χ2n) is 8.26. The molecular weight excluding hydrogens is 398 g/mol. The summed E-state index contributed by atoms with van der Waals surface area (Å²) < 4.78 is 28.4. The molecule has 2 aromatic rings. The fraction of sp³-hybridized carbons (Fsp3) is 0.435. The summed E-state index contributed by atoms with van der Waals surface area (Å²) >= 11 is 0. The van der Waals surface area contributed by atoms with Crippen LogP contribution in [0.4, 0.5) is 5.69 Å². The quantitative estimate of drug-likeness (QED) is 0.735. The molecule has 0 aliphatic carbocycles. The summed E-state index contributed by atoms with van der Waals surface area (Å²) in [6.45, 7) is 8.51. The van der Waals surface area contributed by atoms with Crippen molar-refractivity contribution in [3.05, 3.63) is 60.2 Å². The van der Waals surface area contributed by atoms with E-state index in [1.54, 1.807) is 29.2 Å². The normalized spacial score (nSPS) is 16.0. The van der Waals surface area contributed by atoms with Crippen LogP contribution in [0.25, 0.3) is 0 Å². The number of sulfonamides is 1. The molecule has 162 valence electrons. The number of piperazine rings is 1. The van der Waals surface area contributed by atoms with E-state index in [9.17, 15) is 13.2 Å². The third-order valence-corrected chi connectivity index (χ3v) is 6.83. The average molecular weight is 430 g/mol. The number of amides is 1. The Morgan fingerprint density at radius 3 is 2.13 bits per heavy atom. The van der Waals surface area contributed by atoms with Gasteiger partial charge in [-0.15, -0.1) is 0 Å². The van der Waals surface area contributed by atoms with Crippen LogP contribution in [0.1, 0.15) is 25.8 Å². The van der Waals surface area contributed by atoms with Crippen LogP contribution in [0.2, 0.25) is 0 Å². The Morgan fingerprint density at radius 1 is 0.967 bits per heavy atom. The monoisotopic (exact) mass is 429 g/mol. The lowest BCUT2D eigenvalue weighted by atomic mass is 10.0. The van der Waals surface area contributed by atoms with Crippen LogP contribution in [0, 0.1) is 12.8 Å². The Balaban J connectivity index is 1.69. The highest BCUT2D eigenvalue weighted by molar-refractivity contribution is 7.89. The second kappa shape index (κ2) is 9.62. The van der Waals surface area contributed by atoms with E-state index >= 15 is 0 Å². The molecule has 1 aliphatic heterocycles. The molecule has 1 N–H and O–H groups in total. The van der Waals surface area contributed by atoms with Crippen LogP contribution in [0.15, 0.2) is 59.5 Å². The van der Waals surface area contributed by atoms with Gasteiger partial charge in [-0.1, -0.05) is 49.7 Å². The summed E-state index contributed by atoms with van der Waals surface area (Å²) in [4.78, 5) is 17.4. The zero-order valence-corrected chi connectivity index (χ0v) is 18.7. The van der Waals surface area contributed by atoms with E-state index in [1.807, 2.05) is 39.0 Å². The molecule has 1 atom stereocenters. The van der Waals surface area contributed by atoms with E-state index in [0.717, 1.165) is 24.3 Å². The molecule has 0 spiro atoms. The lowest BCUT2D eigenvalue weighted by Gasteiger charge is -2.37. The first-order chi connectivity index (χ1) is 14.3. The topological polar surface area (TPSA) is 69.7 Å². The van der Waals surface area contributed by atoms with E-state index in [0.29, 0.717) is 19.5 Å². The number of nitrogens with one attached hydrogen (secondary N) is 1. The molecule has 1 saturated heterocycles. The number of benzene rings is 2. The highest BCUT2D eigenvalue weighted by atomic mass is 32.2. The number of aryl methyl sites for hydroxylation is 1. The number of hydrogen-bond acceptors (Lipinski definition) is 4. The van der Waals surface area contributed by atoms with E-state index in [2.05, 4.69) is 21.8 Å². The molecule has 0 unspecified atom stereocenters. The molecule has 1 heterocycles. The van der Waals surface area contributed by atoms with Gasteiger partial charge in [0.2, 0.25) is 15.9 Å². The molecular formula is C23H31N3O3S. The predicted molar refractivity (Wildman–Crippen MR) is 120 cm³/mol. The van der Waals surface area contributed by atoms with Crippen LogP contribution in [0.3, 0.4) is 0 Å². The molecule has 0 aromatic heterocycles. The van der Waals surface area contributed by atoms with Crippen LogP contribution >= 0.6 is 0 Å². The predicted octanol–water partition coefficient (Wildman–Crippen LogP) is 3.04. The average Bonchev–Trinajstić information content (AvgIpc) is 2.73. The standard InChI is InChI=1S/C23H31N3O3S/c1-18(2)17-22(24-30(28,29)21-11-9-19(3)10-12-21)23(27)26-15-13-25(14-16-26)20-7-5-4-6-8-20/h4-12,18,22,24H,13-17H2,1-3H3/t22-/m1/s1. The largest absolute Gasteiger partial charge is 0.368 e. The second-order valence-corrected chi connectivity index (χ2v) is 9.98. The van der Waals surface area contributed by atoms with E-state index in [1.165, 1.54) is 0 Å². The lowest BCUT2D eigenvalue weighted by molar-refractivity contribution is -0.133. The van der Waals surface area contributed by atoms with Crippen molar-refractivity contribution in [1.82, 2.24) is 9.62 Å². The Kier molecular flexibility index (Phi) is 7.15. The van der Waals surface area contributed by atoms with Gasteiger partial charge in [-0.25, -0.2) is 8.42 Å². The van der Waals surface area contributed by atoms with Crippen molar-refractivity contribution in [2.75, 3.05) is 31.1 Å². The first kappa shape index (κ1) is 22.3. The van der Waals surface area contributed by atoms with Crippen molar-refractivity contribution in [1.29, 1.82) is 0 Å². The fourth-order valence-corrected chi connectivity index (χ4v) is 4.89. The van der Waals surface area contributed by atoms with Gasteiger partial charge < -0.3 is 9.80 Å². The number of nitrogens with zero attached hydrogens (tertiary/aromatic N) is 2. The Labute approximate surface area is 179 Å². The molecule has 0 bridgehead atoms. The van der Waals surface area contributed by atoms with Crippen LogP contribution < -0.4 is 9.62 Å². The molecule has 1 fully saturated rings. The number of carbonyl (C=O) groups excluding carboxylic acids is 1. The summed E-state index contributed by atoms with van der Waals surface area (Å²) in [7, 11) is -3.77. The Morgan fingerprint density at radius 2 is 1.57 bits per heavy atom. The minimum atomic E-state index is -3.77. The molecule has 0 saturated carbocycles. The number of anilines is 1. The maximum absolute atomic E-state index is 13.2. The van der Waals surface area contributed by atoms with Gasteiger partial charge in [0.1, 0.15) is 6.04 Å². The molecule has 6 nitrogen and oxygen atoms in total. The van der Waals surface area contributed by atoms with Crippen molar-refractivity contribution in [2.24, 2.45) is 5.92 Å². The van der Waals surface area contributed by atoms with Gasteiger partial charge >= 0.3 is 0 Å². The number of hydrogen-bond donors (Lipinski definition) is 1. The van der Waals surface area contributed by atoms with Gasteiger partial charge in [-0.2, -0.15) is 4.72 Å². The molecule has 3 rings (SSSR count). The van der Waals surface area contributed by atoms with Gasteiger partial charge in [0, 0.05) is 31.9 Å². The highest BCUT2D eigenvalue weighted by Crippen LogP contribution is 2.18. The Hall–Kier alpha value is -2.38. The molecule has 1 amide bonds. The number of carbonyl (C=O) groups is 1. The van der Waals surface area contributed by atoms with Crippen LogP contribution in [-0.2, 0) is 14.8 Å². The van der Waals surface area contributed by atoms with Gasteiger partial charge in [0.15, 0.2) is 0 Å². The van der Waals surface area contributed by atoms with Gasteiger partial charge in [-0.3, -0.25) is 4.79 Å². The van der Waals surface area contributed by atoms with Crippen LogP contribution in [0.5, 0.6) is 0 Å². The van der Waals surface area contributed by atoms with Crippen molar-refractivity contribution in [3.63, 3.8) is 0 Å². The molecule has 30 heavy (non-hydrogen) atoms. The molecule has 7 heteroatoms. The van der Waals surface area contributed by atoms with Crippen molar-refractivity contribution in [3.8, 4) is 0 Å². The maximum Gasteiger partial charge on any atom is 0.241 e. The minimum absolute atomic E-state index is 0.146. The van der Waals surface area contributed by atoms with Gasteiger partial charge in [0.05, 0.1) is 4.90 Å². The zero-order chi connectivity index (χ0) is 21.7. The summed E-state index contributed by atoms with van der Waals surface area (Å²) in [5, 5.41) is 0. The number of para-hydroxylation sites is 1. The summed E-state index contributed by atoms with van der Waals surface area (Å²) in [5.74, 6) is 0.0392. The van der Waals surface area contributed by atoms with Crippen molar-refractivity contribution < 1.29 is 13.2 Å². The van der Waals surface area contributed by atoms with E-state index < -0.39 is 16.1 Å². The highest BCUT2D eigenvalue weighted by Gasteiger charge is 2.31. The smallest absolute Gasteiger partial charge is 0.241 e. The fourth-order valence-electron chi connectivity index (χ4n) is 3.69. The third kappa shape index (κ3) is 5.61. The zero-order valence-electron chi connectivity index (χ0n) is 17.9. The lowest BCUT2D eigenvalue weighted by Crippen LogP contribution is -2.55. The van der Waals surface area contributed by atoms with Crippen molar-refractivity contribution >= 4 is 21.6 Å². The van der Waals surface area contributed by atoms with Crippen LogP contribution in [-0.4, -0.2) is 51.4 Å². The maximum atomic E-state index is 13.2. The summed E-state index contributed by atoms with van der Waals surface area (Å²) in [5.41, 5.74) is 2.13. The Bertz CT molecular complexity index is 935. The first-order valence-corrected chi connectivity index (χ1v) is 11.9. The van der Waals surface area contributed by atoms with Gasteiger partial charge in [-0.05, 0) is 43.5 Å². The third-order valence-electron chi connectivity index (χ3n) is 5.35. The number of rotatable bonds is 7. The molecule has 2 aromatic carbocycles.